The summed E-state index contributed by atoms with van der Waals surface area (Å²) in [6.45, 7) is 19.2. The zero-order chi connectivity index (χ0) is 40.0. The monoisotopic (exact) mass is 959 g/mol. The number of pyridine rings is 2. The molecule has 4 aromatic carbocycles. The van der Waals surface area contributed by atoms with Crippen LogP contribution in [0.2, 0.25) is 0 Å². The van der Waals surface area contributed by atoms with E-state index in [0.717, 1.165) is 72.1 Å². The summed E-state index contributed by atoms with van der Waals surface area (Å²) in [5.41, 5.74) is 10.2. The summed E-state index contributed by atoms with van der Waals surface area (Å²) in [7, 11) is 0. The van der Waals surface area contributed by atoms with Gasteiger partial charge >= 0.3 is 40.8 Å². The minimum absolute atomic E-state index is 0. The molecule has 0 spiro atoms. The fourth-order valence-electron chi connectivity index (χ4n) is 6.90. The molecule has 0 fully saturated rings. The first-order chi connectivity index (χ1) is 27.3. The van der Waals surface area contributed by atoms with E-state index in [9.17, 15) is 0 Å². The fraction of sp³-hybridized carbons (Fsp3) is 0.240. The molecule has 0 saturated heterocycles. The summed E-state index contributed by atoms with van der Waals surface area (Å²) in [4.78, 5) is 19.0. The number of benzene rings is 4. The average Bonchev–Trinajstić information content (AvgIpc) is 3.50. The first kappa shape index (κ1) is 43.6. The summed E-state index contributed by atoms with van der Waals surface area (Å²) in [6.07, 6.45) is 7.43. The van der Waals surface area contributed by atoms with Crippen molar-refractivity contribution in [3.8, 4) is 51.5 Å². The first-order valence-corrected chi connectivity index (χ1v) is 19.4. The predicted octanol–water partition coefficient (Wildman–Crippen LogP) is 12.6. The van der Waals surface area contributed by atoms with Crippen LogP contribution in [-0.4, -0.2) is 24.5 Å². The topological polar surface area (TPSA) is 75.0 Å². The van der Waals surface area contributed by atoms with E-state index in [1.54, 1.807) is 0 Å². The number of nitrogens with zero attached hydrogens (tertiary/aromatic N) is 5. The van der Waals surface area contributed by atoms with E-state index < -0.39 is 0 Å². The third-order valence-corrected chi connectivity index (χ3v) is 10.2. The van der Waals surface area contributed by atoms with Gasteiger partial charge in [0, 0.05) is 47.8 Å². The quantitative estimate of drug-likeness (QED) is 0.106. The molecule has 8 aromatic rings. The Labute approximate surface area is 375 Å². The van der Waals surface area contributed by atoms with Crippen LogP contribution in [0.25, 0.3) is 50.3 Å². The third-order valence-electron chi connectivity index (χ3n) is 10.2. The van der Waals surface area contributed by atoms with E-state index in [1.807, 2.05) is 53.6 Å². The number of aromatic nitrogens is 5. The predicted molar refractivity (Wildman–Crippen MR) is 228 cm³/mol. The smallest absolute Gasteiger partial charge is 0.503 e. The molecule has 59 heavy (non-hydrogen) atoms. The van der Waals surface area contributed by atoms with E-state index in [2.05, 4.69) is 145 Å². The van der Waals surface area contributed by atoms with Gasteiger partial charge < -0.3 is 24.0 Å². The zero-order valence-electron chi connectivity index (χ0n) is 34.6. The van der Waals surface area contributed by atoms with Gasteiger partial charge in [-0.3, -0.25) is 0 Å². The summed E-state index contributed by atoms with van der Waals surface area (Å²) in [6, 6.07) is 38.6. The largest absolute Gasteiger partial charge is 2.00 e. The van der Waals surface area contributed by atoms with Crippen molar-refractivity contribution < 1.29 is 50.3 Å². The SMILES string of the molecule is Cc1ccnc(-c2[c-]c(Oc3[c-]c4c(cc3)c3ccc(Oc5[c-]c(-c6cc(C)ccn6)ccc5C(C)C)[c-]c3n4-c3ncc(C(C)(C)C)cn3)c(C(C)C)cc2)c1.[Pd+2].[Pd+2]. The molecule has 0 unspecified atom stereocenters. The molecule has 4 heterocycles. The summed E-state index contributed by atoms with van der Waals surface area (Å²) >= 11 is 0. The molecule has 4 aromatic heterocycles. The molecule has 302 valence electrons. The molecule has 0 atom stereocenters. The average molecular weight is 961 g/mol. The van der Waals surface area contributed by atoms with Crippen molar-refractivity contribution in [2.45, 2.75) is 79.6 Å². The third kappa shape index (κ3) is 9.11. The Kier molecular flexibility index (Phi) is 13.1. The zero-order valence-corrected chi connectivity index (χ0v) is 37.7. The van der Waals surface area contributed by atoms with Crippen LogP contribution >= 0.6 is 0 Å². The summed E-state index contributed by atoms with van der Waals surface area (Å²) in [5, 5.41) is 1.91. The van der Waals surface area contributed by atoms with Gasteiger partial charge in [0.25, 0.3) is 0 Å². The van der Waals surface area contributed by atoms with Gasteiger partial charge in [-0.2, -0.15) is 22.9 Å². The summed E-state index contributed by atoms with van der Waals surface area (Å²) < 4.78 is 15.3. The molecule has 0 amide bonds. The van der Waals surface area contributed by atoms with E-state index >= 15 is 0 Å². The Balaban J connectivity index is 0.00000293. The standard InChI is InChI=1S/C50H45N5O2.2Pd/c1-30(2)39-14-10-34(43-22-32(5)18-20-51-43)24-47(39)56-37-12-16-41-42-17-13-38(27-46(42)55(45(41)26-37)49-53-28-36(29-54-49)50(7,8)9)57-48-25-35(11-15-40(48)31(3)4)44-23-33(6)19-21-52-44;;/h10-23,28-31H,1-9H3;;/q-4;2*+2. The summed E-state index contributed by atoms with van der Waals surface area (Å²) in [5.74, 6) is 3.26. The fourth-order valence-corrected chi connectivity index (χ4v) is 6.90. The van der Waals surface area contributed by atoms with Crippen molar-refractivity contribution in [1.29, 1.82) is 0 Å². The second-order valence-corrected chi connectivity index (χ2v) is 16.3. The molecule has 0 bridgehead atoms. The maximum Gasteiger partial charge on any atom is 2.00 e. The van der Waals surface area contributed by atoms with Crippen molar-refractivity contribution in [1.82, 2.24) is 24.5 Å². The van der Waals surface area contributed by atoms with Gasteiger partial charge in [0.15, 0.2) is 0 Å². The minimum Gasteiger partial charge on any atom is -0.503 e. The van der Waals surface area contributed by atoms with Gasteiger partial charge in [-0.05, 0) is 48.3 Å². The second-order valence-electron chi connectivity index (χ2n) is 16.3. The van der Waals surface area contributed by atoms with Gasteiger partial charge in [0.2, 0.25) is 5.95 Å². The maximum absolute atomic E-state index is 6.68. The van der Waals surface area contributed by atoms with E-state index in [-0.39, 0.29) is 58.1 Å². The second kappa shape index (κ2) is 17.7. The van der Waals surface area contributed by atoms with Gasteiger partial charge in [0.1, 0.15) is 0 Å². The van der Waals surface area contributed by atoms with Crippen molar-refractivity contribution in [3.63, 3.8) is 0 Å². The number of hydrogen-bond donors (Lipinski definition) is 0. The Morgan fingerprint density at radius 3 is 1.39 bits per heavy atom. The van der Waals surface area contributed by atoms with Crippen LogP contribution in [0.4, 0.5) is 0 Å². The van der Waals surface area contributed by atoms with Crippen LogP contribution < -0.4 is 9.47 Å². The number of fused-ring (bicyclic) bond motifs is 3. The van der Waals surface area contributed by atoms with Crippen molar-refractivity contribution in [2.24, 2.45) is 0 Å². The normalized spacial score (nSPS) is 11.5. The number of aryl methyl sites for hydroxylation is 2. The van der Waals surface area contributed by atoms with Crippen LogP contribution in [-0.2, 0) is 46.3 Å². The molecule has 0 aliphatic rings. The maximum atomic E-state index is 6.68. The molecule has 0 radical (unpaired) electrons. The molecule has 7 nitrogen and oxygen atoms in total. The van der Waals surface area contributed by atoms with Crippen LogP contribution in [0.1, 0.15) is 88.1 Å². The van der Waals surface area contributed by atoms with Gasteiger partial charge in [-0.25, -0.2) is 9.97 Å². The molecule has 0 N–H and O–H groups in total. The van der Waals surface area contributed by atoms with E-state index in [4.69, 9.17) is 19.4 Å². The van der Waals surface area contributed by atoms with E-state index in [1.165, 1.54) is 0 Å². The minimum atomic E-state index is -0.111. The Bertz CT molecular complexity index is 2610. The van der Waals surface area contributed by atoms with Gasteiger partial charge in [0.05, 0.1) is 0 Å². The van der Waals surface area contributed by atoms with Gasteiger partial charge in [-0.1, -0.05) is 118 Å². The molecule has 8 rings (SSSR count). The number of rotatable bonds is 9. The Morgan fingerprint density at radius 1 is 0.559 bits per heavy atom. The first-order valence-electron chi connectivity index (χ1n) is 19.4. The molecule has 9 heteroatoms. The van der Waals surface area contributed by atoms with Crippen molar-refractivity contribution >= 4 is 21.8 Å². The Hall–Kier alpha value is -5.02. The van der Waals surface area contributed by atoms with Crippen LogP contribution in [0.5, 0.6) is 23.0 Å². The van der Waals surface area contributed by atoms with Gasteiger partial charge in [-0.15, -0.1) is 59.7 Å². The van der Waals surface area contributed by atoms with E-state index in [0.29, 0.717) is 28.9 Å². The molecular weight excluding hydrogens is 915 g/mol. The number of hydrogen-bond acceptors (Lipinski definition) is 6. The van der Waals surface area contributed by atoms with Crippen LogP contribution in [0.15, 0.2) is 97.6 Å². The van der Waals surface area contributed by atoms with Crippen LogP contribution in [0, 0.1) is 38.1 Å². The van der Waals surface area contributed by atoms with Crippen molar-refractivity contribution in [2.75, 3.05) is 0 Å². The Morgan fingerprint density at radius 2 is 1.00 bits per heavy atom. The number of ether oxygens (including phenoxy) is 2. The van der Waals surface area contributed by atoms with Crippen LogP contribution in [0.3, 0.4) is 0 Å². The molecule has 0 aliphatic heterocycles. The molecule has 0 saturated carbocycles. The van der Waals surface area contributed by atoms with Crippen molar-refractivity contribution in [3.05, 3.63) is 150 Å². The molecule has 0 aliphatic carbocycles. The molecular formula is C50H45N5O2Pd2.